The molecule has 0 fully saturated rings. The SMILES string of the molecule is Cc1cc(C(=O)Nc2ccc(F)c(F)c2)nc(Nc2ccc3c(c2)OCO3)n1. The molecular weight excluding hydrogens is 370 g/mol. The molecule has 4 rings (SSSR count). The summed E-state index contributed by atoms with van der Waals surface area (Å²) in [5, 5.41) is 5.48. The van der Waals surface area contributed by atoms with E-state index in [0.29, 0.717) is 22.9 Å². The van der Waals surface area contributed by atoms with Crippen molar-refractivity contribution in [2.24, 2.45) is 0 Å². The molecule has 0 aliphatic carbocycles. The molecule has 1 amide bonds. The van der Waals surface area contributed by atoms with E-state index in [0.717, 1.165) is 12.1 Å². The van der Waals surface area contributed by atoms with Gasteiger partial charge in [0.1, 0.15) is 5.69 Å². The van der Waals surface area contributed by atoms with Gasteiger partial charge in [-0.1, -0.05) is 0 Å². The standard InChI is InChI=1S/C19H14F2N4O3/c1-10-6-15(18(26)23-11-2-4-13(20)14(21)7-11)25-19(22-10)24-12-3-5-16-17(8-12)28-9-27-16/h2-8H,9H2,1H3,(H,23,26)(H,22,24,25). The molecular formula is C19H14F2N4O3. The maximum atomic E-state index is 13.3. The summed E-state index contributed by atoms with van der Waals surface area (Å²) in [6.07, 6.45) is 0. The summed E-state index contributed by atoms with van der Waals surface area (Å²) >= 11 is 0. The van der Waals surface area contributed by atoms with Crippen LogP contribution in [0, 0.1) is 18.6 Å². The highest BCUT2D eigenvalue weighted by atomic mass is 19.2. The second-order valence-electron chi connectivity index (χ2n) is 5.99. The van der Waals surface area contributed by atoms with Crippen LogP contribution in [0.1, 0.15) is 16.2 Å². The lowest BCUT2D eigenvalue weighted by Crippen LogP contribution is -2.15. The van der Waals surface area contributed by atoms with E-state index in [1.807, 2.05) is 0 Å². The first kappa shape index (κ1) is 17.7. The Balaban J connectivity index is 1.54. The highest BCUT2D eigenvalue weighted by Gasteiger charge is 2.15. The molecule has 1 aromatic heterocycles. The lowest BCUT2D eigenvalue weighted by Gasteiger charge is -2.09. The number of aromatic nitrogens is 2. The first-order chi connectivity index (χ1) is 13.5. The van der Waals surface area contributed by atoms with Gasteiger partial charge < -0.3 is 20.1 Å². The molecule has 0 unspecified atom stereocenters. The number of fused-ring (bicyclic) bond motifs is 1. The van der Waals surface area contributed by atoms with E-state index in [2.05, 4.69) is 20.6 Å². The molecule has 1 aliphatic heterocycles. The van der Waals surface area contributed by atoms with E-state index in [1.165, 1.54) is 12.1 Å². The first-order valence-corrected chi connectivity index (χ1v) is 8.27. The molecule has 7 nitrogen and oxygen atoms in total. The van der Waals surface area contributed by atoms with Gasteiger partial charge in [0.25, 0.3) is 5.91 Å². The fourth-order valence-electron chi connectivity index (χ4n) is 2.61. The average molecular weight is 384 g/mol. The van der Waals surface area contributed by atoms with Crippen LogP contribution in [-0.4, -0.2) is 22.7 Å². The van der Waals surface area contributed by atoms with Gasteiger partial charge in [-0.2, -0.15) is 0 Å². The minimum absolute atomic E-state index is 0.0699. The minimum Gasteiger partial charge on any atom is -0.454 e. The van der Waals surface area contributed by atoms with Crippen LogP contribution in [0.5, 0.6) is 11.5 Å². The third kappa shape index (κ3) is 3.68. The Labute approximate surface area is 158 Å². The summed E-state index contributed by atoms with van der Waals surface area (Å²) < 4.78 is 36.9. The Morgan fingerprint density at radius 1 is 0.964 bits per heavy atom. The lowest BCUT2D eigenvalue weighted by atomic mass is 10.2. The van der Waals surface area contributed by atoms with Gasteiger partial charge in [0.2, 0.25) is 12.7 Å². The number of hydrogen-bond donors (Lipinski definition) is 2. The number of nitrogens with zero attached hydrogens (tertiary/aromatic N) is 2. The number of hydrogen-bond acceptors (Lipinski definition) is 6. The minimum atomic E-state index is -1.05. The van der Waals surface area contributed by atoms with Crippen LogP contribution in [0.3, 0.4) is 0 Å². The molecule has 2 N–H and O–H groups in total. The summed E-state index contributed by atoms with van der Waals surface area (Å²) in [7, 11) is 0. The van der Waals surface area contributed by atoms with Gasteiger partial charge in [0.05, 0.1) is 0 Å². The molecule has 1 aliphatic rings. The molecule has 9 heteroatoms. The van der Waals surface area contributed by atoms with E-state index < -0.39 is 17.5 Å². The monoisotopic (exact) mass is 384 g/mol. The van der Waals surface area contributed by atoms with Crippen molar-refractivity contribution in [1.29, 1.82) is 0 Å². The average Bonchev–Trinajstić information content (AvgIpc) is 3.12. The van der Waals surface area contributed by atoms with Crippen molar-refractivity contribution in [3.8, 4) is 11.5 Å². The third-order valence-electron chi connectivity index (χ3n) is 3.89. The fraction of sp³-hybridized carbons (Fsp3) is 0.105. The number of rotatable bonds is 4. The quantitative estimate of drug-likeness (QED) is 0.712. The zero-order valence-corrected chi connectivity index (χ0v) is 14.6. The van der Waals surface area contributed by atoms with Gasteiger partial charge in [-0.05, 0) is 37.3 Å². The maximum absolute atomic E-state index is 13.3. The van der Waals surface area contributed by atoms with E-state index in [-0.39, 0.29) is 24.1 Å². The smallest absolute Gasteiger partial charge is 0.274 e. The van der Waals surface area contributed by atoms with Crippen LogP contribution in [0.25, 0.3) is 0 Å². The molecule has 0 saturated heterocycles. The van der Waals surface area contributed by atoms with Gasteiger partial charge in [0, 0.05) is 29.2 Å². The molecule has 2 aromatic carbocycles. The number of carbonyl (C=O) groups excluding carboxylic acids is 1. The van der Waals surface area contributed by atoms with Gasteiger partial charge in [-0.15, -0.1) is 0 Å². The largest absolute Gasteiger partial charge is 0.454 e. The van der Waals surface area contributed by atoms with Crippen molar-refractivity contribution < 1.29 is 23.0 Å². The molecule has 0 atom stereocenters. The van der Waals surface area contributed by atoms with Crippen LogP contribution < -0.4 is 20.1 Å². The highest BCUT2D eigenvalue weighted by molar-refractivity contribution is 6.03. The Kier molecular flexibility index (Phi) is 4.48. The zero-order chi connectivity index (χ0) is 19.7. The van der Waals surface area contributed by atoms with Crippen molar-refractivity contribution in [1.82, 2.24) is 9.97 Å². The highest BCUT2D eigenvalue weighted by Crippen LogP contribution is 2.34. The van der Waals surface area contributed by atoms with E-state index in [9.17, 15) is 13.6 Å². The van der Waals surface area contributed by atoms with E-state index in [4.69, 9.17) is 9.47 Å². The fourth-order valence-corrected chi connectivity index (χ4v) is 2.61. The van der Waals surface area contributed by atoms with Crippen LogP contribution in [0.2, 0.25) is 0 Å². The van der Waals surface area contributed by atoms with Crippen LogP contribution >= 0.6 is 0 Å². The second-order valence-corrected chi connectivity index (χ2v) is 5.99. The molecule has 142 valence electrons. The van der Waals surface area contributed by atoms with Gasteiger partial charge in [-0.3, -0.25) is 4.79 Å². The summed E-state index contributed by atoms with van der Waals surface area (Å²) in [5.74, 6) is -1.19. The number of aryl methyl sites for hydroxylation is 1. The predicted molar refractivity (Wildman–Crippen MR) is 96.9 cm³/mol. The van der Waals surface area contributed by atoms with Gasteiger partial charge in [0.15, 0.2) is 23.1 Å². The van der Waals surface area contributed by atoms with Crippen LogP contribution in [-0.2, 0) is 0 Å². The van der Waals surface area contributed by atoms with Crippen molar-refractivity contribution in [2.75, 3.05) is 17.4 Å². The number of amides is 1. The third-order valence-corrected chi connectivity index (χ3v) is 3.89. The second kappa shape index (κ2) is 7.10. The number of nitrogens with one attached hydrogen (secondary N) is 2. The maximum Gasteiger partial charge on any atom is 0.274 e. The van der Waals surface area contributed by atoms with E-state index >= 15 is 0 Å². The number of anilines is 3. The normalized spacial score (nSPS) is 12.0. The Morgan fingerprint density at radius 3 is 2.57 bits per heavy atom. The molecule has 0 spiro atoms. The summed E-state index contributed by atoms with van der Waals surface area (Å²) in [6, 6.07) is 9.82. The molecule has 0 bridgehead atoms. The Bertz CT molecular complexity index is 1080. The molecule has 28 heavy (non-hydrogen) atoms. The lowest BCUT2D eigenvalue weighted by molar-refractivity contribution is 0.102. The Morgan fingerprint density at radius 2 is 1.75 bits per heavy atom. The number of benzene rings is 2. The summed E-state index contributed by atoms with van der Waals surface area (Å²) in [5.41, 5.74) is 1.39. The van der Waals surface area contributed by atoms with Crippen LogP contribution in [0.4, 0.5) is 26.1 Å². The van der Waals surface area contributed by atoms with Crippen molar-refractivity contribution >= 4 is 23.2 Å². The van der Waals surface area contributed by atoms with E-state index in [1.54, 1.807) is 25.1 Å². The summed E-state index contributed by atoms with van der Waals surface area (Å²) in [6.45, 7) is 1.87. The Hall–Kier alpha value is -3.75. The topological polar surface area (TPSA) is 85.4 Å². The van der Waals surface area contributed by atoms with Crippen LogP contribution in [0.15, 0.2) is 42.5 Å². The van der Waals surface area contributed by atoms with Gasteiger partial charge >= 0.3 is 0 Å². The van der Waals surface area contributed by atoms with Gasteiger partial charge in [-0.25, -0.2) is 18.7 Å². The molecule has 2 heterocycles. The first-order valence-electron chi connectivity index (χ1n) is 8.27. The number of ether oxygens (including phenoxy) is 2. The number of carbonyl (C=O) groups is 1. The van der Waals surface area contributed by atoms with Crippen molar-refractivity contribution in [3.05, 3.63) is 65.5 Å². The molecule has 3 aromatic rings. The molecule has 0 saturated carbocycles. The summed E-state index contributed by atoms with van der Waals surface area (Å²) in [4.78, 5) is 20.9. The van der Waals surface area contributed by atoms with Crippen molar-refractivity contribution in [3.63, 3.8) is 0 Å². The van der Waals surface area contributed by atoms with Crippen molar-refractivity contribution in [2.45, 2.75) is 6.92 Å². The predicted octanol–water partition coefficient (Wildman–Crippen LogP) is 3.79. The molecule has 0 radical (unpaired) electrons. The zero-order valence-electron chi connectivity index (χ0n) is 14.6. The number of halogens is 2.